The third-order valence-electron chi connectivity index (χ3n) is 5.88. The fraction of sp³-hybridized carbons (Fsp3) is 0. The molecule has 0 fully saturated rings. The number of para-hydroxylation sites is 4. The Morgan fingerprint density at radius 1 is 0.438 bits per heavy atom. The standard InChI is InChI=1S/C28H16N2O2/c1-3-7-25-23(5-1)29-27(31-25)19-11-9-17-14-22-16-20(12-10-18(22)13-21(17)15-19)28-30-24-6-2-4-8-26(24)32-28/h1-16H. The van der Waals surface area contributed by atoms with Crippen molar-refractivity contribution in [1.82, 2.24) is 9.97 Å². The summed E-state index contributed by atoms with van der Waals surface area (Å²) < 4.78 is 11.9. The van der Waals surface area contributed by atoms with E-state index >= 15 is 0 Å². The van der Waals surface area contributed by atoms with Crippen molar-refractivity contribution in [3.8, 4) is 22.9 Å². The van der Waals surface area contributed by atoms with E-state index in [9.17, 15) is 0 Å². The molecule has 0 unspecified atom stereocenters. The molecular formula is C28H16N2O2. The van der Waals surface area contributed by atoms with Gasteiger partial charge in [-0.2, -0.15) is 0 Å². The molecule has 0 radical (unpaired) electrons. The number of oxazole rings is 2. The van der Waals surface area contributed by atoms with Crippen LogP contribution >= 0.6 is 0 Å². The van der Waals surface area contributed by atoms with Gasteiger partial charge in [0.1, 0.15) is 11.0 Å². The number of aromatic nitrogens is 2. The van der Waals surface area contributed by atoms with E-state index in [1.165, 1.54) is 0 Å². The van der Waals surface area contributed by atoms with Gasteiger partial charge in [-0.05, 0) is 82.2 Å². The van der Waals surface area contributed by atoms with Crippen LogP contribution < -0.4 is 0 Å². The van der Waals surface area contributed by atoms with Crippen LogP contribution in [0.25, 0.3) is 66.7 Å². The van der Waals surface area contributed by atoms with Gasteiger partial charge in [0.15, 0.2) is 11.2 Å². The van der Waals surface area contributed by atoms with Crippen molar-refractivity contribution in [3.05, 3.63) is 97.1 Å². The molecule has 0 bridgehead atoms. The van der Waals surface area contributed by atoms with E-state index in [1.54, 1.807) is 0 Å². The molecule has 32 heavy (non-hydrogen) atoms. The average molecular weight is 412 g/mol. The number of nitrogens with zero attached hydrogens (tertiary/aromatic N) is 2. The van der Waals surface area contributed by atoms with Crippen LogP contribution in [0.15, 0.2) is 106 Å². The zero-order chi connectivity index (χ0) is 21.1. The summed E-state index contributed by atoms with van der Waals surface area (Å²) in [6, 6.07) is 32.7. The van der Waals surface area contributed by atoms with Crippen molar-refractivity contribution in [2.45, 2.75) is 0 Å². The smallest absolute Gasteiger partial charge is 0.227 e. The summed E-state index contributed by atoms with van der Waals surface area (Å²) in [6.45, 7) is 0. The van der Waals surface area contributed by atoms with Crippen LogP contribution in [-0.4, -0.2) is 9.97 Å². The number of fused-ring (bicyclic) bond motifs is 4. The number of benzene rings is 5. The first-order valence-electron chi connectivity index (χ1n) is 10.5. The number of hydrogen-bond donors (Lipinski definition) is 0. The second kappa shape index (κ2) is 6.53. The van der Waals surface area contributed by atoms with Gasteiger partial charge >= 0.3 is 0 Å². The van der Waals surface area contributed by atoms with Gasteiger partial charge in [0.2, 0.25) is 11.8 Å². The lowest BCUT2D eigenvalue weighted by Gasteiger charge is -2.05. The fourth-order valence-electron chi connectivity index (χ4n) is 4.25. The molecule has 0 saturated carbocycles. The molecule has 0 aliphatic rings. The van der Waals surface area contributed by atoms with Crippen molar-refractivity contribution < 1.29 is 8.83 Å². The first kappa shape index (κ1) is 17.3. The molecule has 5 aromatic carbocycles. The van der Waals surface area contributed by atoms with Crippen molar-refractivity contribution in [2.75, 3.05) is 0 Å². The van der Waals surface area contributed by atoms with Crippen molar-refractivity contribution in [1.29, 1.82) is 0 Å². The minimum Gasteiger partial charge on any atom is -0.436 e. The highest BCUT2D eigenvalue weighted by Crippen LogP contribution is 2.32. The summed E-state index contributed by atoms with van der Waals surface area (Å²) in [4.78, 5) is 9.26. The van der Waals surface area contributed by atoms with E-state index in [2.05, 4.69) is 58.5 Å². The largest absolute Gasteiger partial charge is 0.436 e. The number of hydrogen-bond acceptors (Lipinski definition) is 4. The Morgan fingerprint density at radius 2 is 0.906 bits per heavy atom. The quantitative estimate of drug-likeness (QED) is 0.274. The van der Waals surface area contributed by atoms with Gasteiger partial charge in [0.05, 0.1) is 0 Å². The molecule has 4 nitrogen and oxygen atoms in total. The third-order valence-corrected chi connectivity index (χ3v) is 5.88. The molecule has 0 N–H and O–H groups in total. The van der Waals surface area contributed by atoms with Crippen molar-refractivity contribution in [3.63, 3.8) is 0 Å². The first-order chi connectivity index (χ1) is 15.8. The molecule has 0 saturated heterocycles. The molecule has 0 amide bonds. The lowest BCUT2D eigenvalue weighted by Crippen LogP contribution is -1.82. The van der Waals surface area contributed by atoms with Crippen LogP contribution in [0, 0.1) is 0 Å². The van der Waals surface area contributed by atoms with Gasteiger partial charge in [-0.25, -0.2) is 9.97 Å². The summed E-state index contributed by atoms with van der Waals surface area (Å²) in [7, 11) is 0. The van der Waals surface area contributed by atoms with E-state index in [4.69, 9.17) is 8.83 Å². The molecule has 150 valence electrons. The van der Waals surface area contributed by atoms with Crippen LogP contribution in [0.1, 0.15) is 0 Å². The fourth-order valence-corrected chi connectivity index (χ4v) is 4.25. The Bertz CT molecular complexity index is 1590. The Kier molecular flexibility index (Phi) is 3.52. The zero-order valence-corrected chi connectivity index (χ0v) is 16.9. The van der Waals surface area contributed by atoms with Gasteiger partial charge in [0, 0.05) is 11.1 Å². The Morgan fingerprint density at radius 3 is 1.38 bits per heavy atom. The molecular weight excluding hydrogens is 396 g/mol. The minimum absolute atomic E-state index is 0.638. The van der Waals surface area contributed by atoms with Gasteiger partial charge in [-0.1, -0.05) is 36.4 Å². The summed E-state index contributed by atoms with van der Waals surface area (Å²) in [5.41, 5.74) is 5.27. The highest BCUT2D eigenvalue weighted by Gasteiger charge is 2.11. The van der Waals surface area contributed by atoms with E-state index in [1.807, 2.05) is 48.5 Å². The molecule has 2 aromatic heterocycles. The number of rotatable bonds is 2. The van der Waals surface area contributed by atoms with Crippen molar-refractivity contribution in [2.24, 2.45) is 0 Å². The first-order valence-corrected chi connectivity index (χ1v) is 10.5. The van der Waals surface area contributed by atoms with E-state index in [0.717, 1.165) is 54.9 Å². The van der Waals surface area contributed by atoms with Gasteiger partial charge in [-0.15, -0.1) is 0 Å². The van der Waals surface area contributed by atoms with Crippen LogP contribution in [0.5, 0.6) is 0 Å². The maximum atomic E-state index is 5.95. The van der Waals surface area contributed by atoms with E-state index in [0.29, 0.717) is 11.8 Å². The Balaban J connectivity index is 1.33. The zero-order valence-electron chi connectivity index (χ0n) is 16.9. The highest BCUT2D eigenvalue weighted by molar-refractivity contribution is 6.00. The SMILES string of the molecule is c1ccc2oc(-c3ccc4cc5cc(-c6nc7ccccc7o6)ccc5cc4c3)nc2c1. The van der Waals surface area contributed by atoms with Crippen LogP contribution in [0.4, 0.5) is 0 Å². The normalized spacial score (nSPS) is 11.8. The second-order valence-corrected chi connectivity index (χ2v) is 7.95. The summed E-state index contributed by atoms with van der Waals surface area (Å²) >= 11 is 0. The van der Waals surface area contributed by atoms with E-state index < -0.39 is 0 Å². The Labute approximate surface area is 182 Å². The summed E-state index contributed by atoms with van der Waals surface area (Å²) in [6.07, 6.45) is 0. The minimum atomic E-state index is 0.638. The molecule has 0 aliphatic carbocycles. The maximum Gasteiger partial charge on any atom is 0.227 e. The molecule has 0 atom stereocenters. The second-order valence-electron chi connectivity index (χ2n) is 7.95. The van der Waals surface area contributed by atoms with Gasteiger partial charge in [-0.3, -0.25) is 0 Å². The molecule has 7 rings (SSSR count). The van der Waals surface area contributed by atoms with Gasteiger partial charge < -0.3 is 8.83 Å². The topological polar surface area (TPSA) is 52.1 Å². The Hall–Kier alpha value is -4.44. The molecule has 2 heterocycles. The third kappa shape index (κ3) is 2.70. The monoisotopic (exact) mass is 412 g/mol. The lowest BCUT2D eigenvalue weighted by molar-refractivity contribution is 0.619. The molecule has 7 aromatic rings. The maximum absolute atomic E-state index is 5.95. The van der Waals surface area contributed by atoms with Gasteiger partial charge in [0.25, 0.3) is 0 Å². The lowest BCUT2D eigenvalue weighted by atomic mass is 10.00. The molecule has 0 spiro atoms. The summed E-state index contributed by atoms with van der Waals surface area (Å²) in [5.74, 6) is 1.28. The van der Waals surface area contributed by atoms with Crippen LogP contribution in [0.2, 0.25) is 0 Å². The molecule has 0 aliphatic heterocycles. The average Bonchev–Trinajstić information content (AvgIpc) is 3.46. The predicted molar refractivity (Wildman–Crippen MR) is 127 cm³/mol. The van der Waals surface area contributed by atoms with E-state index in [-0.39, 0.29) is 0 Å². The predicted octanol–water partition coefficient (Wildman–Crippen LogP) is 7.61. The van der Waals surface area contributed by atoms with Crippen molar-refractivity contribution >= 4 is 43.7 Å². The summed E-state index contributed by atoms with van der Waals surface area (Å²) in [5, 5.41) is 4.61. The molecule has 4 heteroatoms. The van der Waals surface area contributed by atoms with Crippen LogP contribution in [0.3, 0.4) is 0 Å². The highest BCUT2D eigenvalue weighted by atomic mass is 16.4. The van der Waals surface area contributed by atoms with Crippen LogP contribution in [-0.2, 0) is 0 Å².